The summed E-state index contributed by atoms with van der Waals surface area (Å²) < 4.78 is 0. The monoisotopic (exact) mass is 221 g/mol. The van der Waals surface area contributed by atoms with E-state index >= 15 is 0 Å². The summed E-state index contributed by atoms with van der Waals surface area (Å²) in [7, 11) is 0. The maximum Gasteiger partial charge on any atom is 0.318 e. The van der Waals surface area contributed by atoms with Crippen LogP contribution in [0, 0.1) is 12.3 Å². The number of hydrogen-bond acceptors (Lipinski definition) is 2. The molecule has 0 unspecified atom stereocenters. The first kappa shape index (κ1) is 12.2. The van der Waals surface area contributed by atoms with Gasteiger partial charge >= 0.3 is 5.97 Å². The fourth-order valence-corrected chi connectivity index (χ4v) is 1.09. The van der Waals surface area contributed by atoms with Crippen molar-refractivity contribution in [3.8, 4) is 0 Å². The van der Waals surface area contributed by atoms with Gasteiger partial charge in [0, 0.05) is 5.69 Å². The first-order valence-corrected chi connectivity index (χ1v) is 4.96. The fourth-order valence-electron chi connectivity index (χ4n) is 1.09. The van der Waals surface area contributed by atoms with Crippen molar-refractivity contribution in [2.24, 2.45) is 5.41 Å². The van der Waals surface area contributed by atoms with E-state index in [4.69, 9.17) is 5.11 Å². The summed E-state index contributed by atoms with van der Waals surface area (Å²) in [5, 5.41) is 11.5. The van der Waals surface area contributed by atoms with Gasteiger partial charge in [-0.3, -0.25) is 9.59 Å². The Labute approximate surface area is 94.3 Å². The highest BCUT2D eigenvalue weighted by molar-refractivity contribution is 6.07. The Bertz CT molecular complexity index is 424. The zero-order valence-electron chi connectivity index (χ0n) is 9.57. The summed E-state index contributed by atoms with van der Waals surface area (Å²) in [6.07, 6.45) is 0. The number of rotatable bonds is 3. The van der Waals surface area contributed by atoms with Crippen LogP contribution in [0.4, 0.5) is 5.69 Å². The fraction of sp³-hybridized carbons (Fsp3) is 0.333. The molecular weight excluding hydrogens is 206 g/mol. The minimum absolute atomic E-state index is 0.519. The van der Waals surface area contributed by atoms with Gasteiger partial charge in [0.15, 0.2) is 0 Å². The zero-order chi connectivity index (χ0) is 12.3. The third-order valence-corrected chi connectivity index (χ3v) is 2.50. The molecule has 4 heteroatoms. The molecule has 0 saturated carbocycles. The molecule has 1 aromatic rings. The van der Waals surface area contributed by atoms with Gasteiger partial charge in [0.05, 0.1) is 0 Å². The highest BCUT2D eigenvalue weighted by atomic mass is 16.4. The molecule has 0 radical (unpaired) electrons. The number of aryl methyl sites for hydroxylation is 1. The molecule has 16 heavy (non-hydrogen) atoms. The van der Waals surface area contributed by atoms with Crippen LogP contribution in [0.2, 0.25) is 0 Å². The summed E-state index contributed by atoms with van der Waals surface area (Å²) in [5.41, 5.74) is 0.112. The van der Waals surface area contributed by atoms with Crippen molar-refractivity contribution >= 4 is 17.6 Å². The molecule has 1 rings (SSSR count). The molecule has 2 N–H and O–H groups in total. The van der Waals surface area contributed by atoms with Crippen LogP contribution >= 0.6 is 0 Å². The first-order valence-electron chi connectivity index (χ1n) is 4.96. The Morgan fingerprint density at radius 3 is 2.31 bits per heavy atom. The first-order chi connectivity index (χ1) is 7.35. The maximum atomic E-state index is 11.7. The smallest absolute Gasteiger partial charge is 0.318 e. The summed E-state index contributed by atoms with van der Waals surface area (Å²) >= 11 is 0. The Kier molecular flexibility index (Phi) is 3.32. The van der Waals surface area contributed by atoms with Crippen LogP contribution in [0.25, 0.3) is 0 Å². The number of hydrogen-bond donors (Lipinski definition) is 2. The van der Waals surface area contributed by atoms with Gasteiger partial charge in [-0.05, 0) is 32.4 Å². The van der Waals surface area contributed by atoms with Crippen LogP contribution in [0.5, 0.6) is 0 Å². The predicted octanol–water partition coefficient (Wildman–Crippen LogP) is 2.04. The second-order valence-corrected chi connectivity index (χ2v) is 4.20. The molecule has 0 atom stereocenters. The van der Waals surface area contributed by atoms with Gasteiger partial charge in [0.2, 0.25) is 5.91 Å². The van der Waals surface area contributed by atoms with Crippen molar-refractivity contribution in [3.05, 3.63) is 29.8 Å². The van der Waals surface area contributed by atoms with Gasteiger partial charge in [-0.15, -0.1) is 0 Å². The molecule has 1 amide bonds. The van der Waals surface area contributed by atoms with Crippen LogP contribution in [0.1, 0.15) is 19.4 Å². The van der Waals surface area contributed by atoms with Crippen LogP contribution in [-0.4, -0.2) is 17.0 Å². The molecule has 0 heterocycles. The number of aliphatic carboxylic acids is 1. The van der Waals surface area contributed by atoms with Crippen LogP contribution in [0.3, 0.4) is 0 Å². The molecule has 0 spiro atoms. The number of anilines is 1. The Balaban J connectivity index is 2.88. The minimum atomic E-state index is -1.43. The Morgan fingerprint density at radius 1 is 1.25 bits per heavy atom. The lowest BCUT2D eigenvalue weighted by Crippen LogP contribution is -2.37. The average Bonchev–Trinajstić information content (AvgIpc) is 2.21. The molecule has 0 bridgehead atoms. The van der Waals surface area contributed by atoms with Crippen LogP contribution < -0.4 is 5.32 Å². The zero-order valence-corrected chi connectivity index (χ0v) is 9.57. The number of carboxylic acid groups (broad SMARTS) is 1. The highest BCUT2D eigenvalue weighted by Gasteiger charge is 2.36. The van der Waals surface area contributed by atoms with Crippen molar-refractivity contribution in [2.75, 3.05) is 5.32 Å². The van der Waals surface area contributed by atoms with Crippen LogP contribution in [-0.2, 0) is 9.59 Å². The largest absolute Gasteiger partial charge is 0.480 e. The molecule has 4 nitrogen and oxygen atoms in total. The lowest BCUT2D eigenvalue weighted by Gasteiger charge is -2.19. The SMILES string of the molecule is Cc1ccccc1NC(=O)C(C)(C)C(=O)O. The molecule has 0 fully saturated rings. The van der Waals surface area contributed by atoms with E-state index in [1.165, 1.54) is 13.8 Å². The molecule has 0 aliphatic carbocycles. The number of carboxylic acids is 1. The summed E-state index contributed by atoms with van der Waals surface area (Å²) in [6.45, 7) is 4.61. The van der Waals surface area contributed by atoms with Gasteiger partial charge < -0.3 is 10.4 Å². The lowest BCUT2D eigenvalue weighted by molar-refractivity contribution is -0.151. The van der Waals surface area contributed by atoms with Crippen LogP contribution in [0.15, 0.2) is 24.3 Å². The van der Waals surface area contributed by atoms with E-state index in [9.17, 15) is 9.59 Å². The number of carbonyl (C=O) groups is 2. The van der Waals surface area contributed by atoms with Gasteiger partial charge in [0.25, 0.3) is 0 Å². The minimum Gasteiger partial charge on any atom is -0.480 e. The van der Waals surface area contributed by atoms with E-state index in [1.807, 2.05) is 19.1 Å². The average molecular weight is 221 g/mol. The number of amides is 1. The van der Waals surface area contributed by atoms with E-state index in [1.54, 1.807) is 12.1 Å². The highest BCUT2D eigenvalue weighted by Crippen LogP contribution is 2.20. The van der Waals surface area contributed by atoms with Gasteiger partial charge in [-0.1, -0.05) is 18.2 Å². The predicted molar refractivity (Wildman–Crippen MR) is 61.2 cm³/mol. The van der Waals surface area contributed by atoms with Crippen molar-refractivity contribution in [1.29, 1.82) is 0 Å². The lowest BCUT2D eigenvalue weighted by atomic mass is 9.92. The molecule has 1 aromatic carbocycles. The standard InChI is InChI=1S/C12H15NO3/c1-8-6-4-5-7-9(8)13-10(14)12(2,3)11(15)16/h4-7H,1-3H3,(H,13,14)(H,15,16). The third kappa shape index (κ3) is 2.39. The van der Waals surface area contributed by atoms with Crippen molar-refractivity contribution < 1.29 is 14.7 Å². The second-order valence-electron chi connectivity index (χ2n) is 4.20. The maximum absolute atomic E-state index is 11.7. The number of nitrogens with one attached hydrogen (secondary N) is 1. The van der Waals surface area contributed by atoms with Crippen molar-refractivity contribution in [2.45, 2.75) is 20.8 Å². The third-order valence-electron chi connectivity index (χ3n) is 2.50. The van der Waals surface area contributed by atoms with Gasteiger partial charge in [-0.2, -0.15) is 0 Å². The van der Waals surface area contributed by atoms with Gasteiger partial charge in [-0.25, -0.2) is 0 Å². The van der Waals surface area contributed by atoms with E-state index in [0.717, 1.165) is 5.56 Å². The summed E-state index contributed by atoms with van der Waals surface area (Å²) in [4.78, 5) is 22.6. The molecule has 0 saturated heterocycles. The molecule has 0 aliphatic heterocycles. The Hall–Kier alpha value is -1.84. The second kappa shape index (κ2) is 4.35. The van der Waals surface area contributed by atoms with E-state index in [2.05, 4.69) is 5.32 Å². The van der Waals surface area contributed by atoms with Gasteiger partial charge in [0.1, 0.15) is 5.41 Å². The quantitative estimate of drug-likeness (QED) is 0.767. The van der Waals surface area contributed by atoms with E-state index in [0.29, 0.717) is 5.69 Å². The normalized spacial score (nSPS) is 10.9. The van der Waals surface area contributed by atoms with E-state index in [-0.39, 0.29) is 0 Å². The number of para-hydroxylation sites is 1. The topological polar surface area (TPSA) is 66.4 Å². The van der Waals surface area contributed by atoms with Crippen molar-refractivity contribution in [3.63, 3.8) is 0 Å². The van der Waals surface area contributed by atoms with E-state index < -0.39 is 17.3 Å². The Morgan fingerprint density at radius 2 is 1.81 bits per heavy atom. The number of benzene rings is 1. The molecule has 0 aliphatic rings. The molecule has 0 aromatic heterocycles. The molecular formula is C12H15NO3. The molecule has 86 valence electrons. The summed E-state index contributed by atoms with van der Waals surface area (Å²) in [6, 6.07) is 7.23. The summed E-state index contributed by atoms with van der Waals surface area (Å²) in [5.74, 6) is -1.66. The van der Waals surface area contributed by atoms with Crippen molar-refractivity contribution in [1.82, 2.24) is 0 Å². The number of carbonyl (C=O) groups excluding carboxylic acids is 1.